The maximum absolute atomic E-state index is 13.6. The lowest BCUT2D eigenvalue weighted by Gasteiger charge is -2.41. The minimum absolute atomic E-state index is 0.164. The number of hydrogen-bond acceptors (Lipinski definition) is 4. The van der Waals surface area contributed by atoms with Gasteiger partial charge in [0, 0.05) is 6.42 Å². The van der Waals surface area contributed by atoms with E-state index >= 15 is 0 Å². The van der Waals surface area contributed by atoms with Crippen molar-refractivity contribution in [2.24, 2.45) is 5.92 Å². The molecule has 2 unspecified atom stereocenters. The quantitative estimate of drug-likeness (QED) is 0.215. The van der Waals surface area contributed by atoms with Gasteiger partial charge in [-0.15, -0.1) is 0 Å². The molecule has 2 atom stereocenters. The van der Waals surface area contributed by atoms with Gasteiger partial charge in [-0.3, -0.25) is 4.79 Å². The summed E-state index contributed by atoms with van der Waals surface area (Å²) in [5.41, 5.74) is 5.46. The summed E-state index contributed by atoms with van der Waals surface area (Å²) in [6, 6.07) is 11.1. The number of carbonyl (C=O) groups is 1. The first kappa shape index (κ1) is 29.8. The Balaban J connectivity index is 1.46. The fourth-order valence-corrected chi connectivity index (χ4v) is 7.12. The maximum Gasteiger partial charge on any atom is 0.311 e. The van der Waals surface area contributed by atoms with Gasteiger partial charge in [0.1, 0.15) is 22.9 Å². The third kappa shape index (κ3) is 7.23. The molecule has 2 aromatic rings. The summed E-state index contributed by atoms with van der Waals surface area (Å²) < 4.78 is 26.6. The summed E-state index contributed by atoms with van der Waals surface area (Å²) in [5, 5.41) is 0. The molecule has 2 aliphatic heterocycles. The fraction of sp³-hybridized carbons (Fsp3) is 0.583. The molecular formula is C36H48FNO3. The van der Waals surface area contributed by atoms with E-state index in [1.54, 1.807) is 0 Å². The van der Waals surface area contributed by atoms with Crippen LogP contribution in [0.15, 0.2) is 42.0 Å². The number of piperidine rings is 1. The van der Waals surface area contributed by atoms with E-state index in [4.69, 9.17) is 9.47 Å². The molecule has 5 heteroatoms. The van der Waals surface area contributed by atoms with E-state index in [-0.39, 0.29) is 17.7 Å². The minimum atomic E-state index is -0.395. The number of rotatable bonds is 10. The third-order valence-corrected chi connectivity index (χ3v) is 9.32. The number of hydrogen-bond donors (Lipinski definition) is 0. The van der Waals surface area contributed by atoms with Gasteiger partial charge in [-0.05, 0) is 143 Å². The van der Waals surface area contributed by atoms with Gasteiger partial charge in [0.15, 0.2) is 0 Å². The number of nitrogens with zero attached hydrogens (tertiary/aromatic N) is 1. The van der Waals surface area contributed by atoms with Crippen molar-refractivity contribution in [3.05, 3.63) is 64.5 Å². The lowest BCUT2D eigenvalue weighted by atomic mass is 9.74. The van der Waals surface area contributed by atoms with Crippen molar-refractivity contribution >= 4 is 11.5 Å². The number of esters is 1. The predicted octanol–water partition coefficient (Wildman–Crippen LogP) is 8.87. The summed E-state index contributed by atoms with van der Waals surface area (Å²) in [7, 11) is 0. The van der Waals surface area contributed by atoms with Crippen molar-refractivity contribution in [1.82, 2.24) is 4.90 Å². The first-order valence-corrected chi connectivity index (χ1v) is 16.0. The molecule has 0 aromatic heterocycles. The van der Waals surface area contributed by atoms with E-state index < -0.39 is 5.60 Å². The molecule has 222 valence electrons. The molecular weight excluding hydrogens is 513 g/mol. The van der Waals surface area contributed by atoms with Crippen molar-refractivity contribution in [3.63, 3.8) is 0 Å². The van der Waals surface area contributed by atoms with Crippen molar-refractivity contribution in [1.29, 1.82) is 0 Å². The van der Waals surface area contributed by atoms with Gasteiger partial charge in [-0.2, -0.15) is 0 Å². The number of carbonyl (C=O) groups excluding carboxylic acids is 1. The molecule has 4 nitrogen and oxygen atoms in total. The zero-order chi connectivity index (χ0) is 29.0. The summed E-state index contributed by atoms with van der Waals surface area (Å²) in [6.45, 7) is 12.1. The van der Waals surface area contributed by atoms with Crippen LogP contribution in [0, 0.1) is 11.7 Å². The van der Waals surface area contributed by atoms with Crippen molar-refractivity contribution in [2.45, 2.75) is 110 Å². The molecule has 0 radical (unpaired) electrons. The van der Waals surface area contributed by atoms with E-state index in [1.165, 1.54) is 42.5 Å². The molecule has 2 heterocycles. The maximum atomic E-state index is 13.6. The van der Waals surface area contributed by atoms with Crippen LogP contribution in [0.3, 0.4) is 0 Å². The van der Waals surface area contributed by atoms with Gasteiger partial charge in [-0.1, -0.05) is 38.8 Å². The highest BCUT2D eigenvalue weighted by Crippen LogP contribution is 2.52. The SMILES string of the molecule is CCCC(Cc1ccc(F)cc1)c1cc(OC(=O)CCCN2CCCCC2)c2c(c1)OC(C)(C)C1=C2CC(C)CC1. The van der Waals surface area contributed by atoms with Crippen LogP contribution in [0.5, 0.6) is 11.5 Å². The highest BCUT2D eigenvalue weighted by Gasteiger charge is 2.39. The van der Waals surface area contributed by atoms with E-state index in [0.717, 1.165) is 87.0 Å². The highest BCUT2D eigenvalue weighted by molar-refractivity contribution is 5.84. The molecule has 1 fully saturated rings. The second-order valence-electron chi connectivity index (χ2n) is 13.1. The fourth-order valence-electron chi connectivity index (χ4n) is 7.12. The van der Waals surface area contributed by atoms with E-state index in [0.29, 0.717) is 18.1 Å². The van der Waals surface area contributed by atoms with Crippen LogP contribution in [-0.2, 0) is 11.2 Å². The van der Waals surface area contributed by atoms with Crippen molar-refractivity contribution in [3.8, 4) is 11.5 Å². The summed E-state index contributed by atoms with van der Waals surface area (Å²) >= 11 is 0. The van der Waals surface area contributed by atoms with Crippen LogP contribution in [0.2, 0.25) is 0 Å². The summed E-state index contributed by atoms with van der Waals surface area (Å²) in [5.74, 6) is 1.89. The van der Waals surface area contributed by atoms with Gasteiger partial charge in [0.2, 0.25) is 0 Å². The average Bonchev–Trinajstić information content (AvgIpc) is 2.93. The van der Waals surface area contributed by atoms with Crippen LogP contribution in [-0.4, -0.2) is 36.1 Å². The van der Waals surface area contributed by atoms with Gasteiger partial charge in [0.05, 0.1) is 5.56 Å². The molecule has 5 rings (SSSR count). The van der Waals surface area contributed by atoms with Crippen LogP contribution in [0.4, 0.5) is 4.39 Å². The largest absolute Gasteiger partial charge is 0.483 e. The first-order chi connectivity index (χ1) is 19.7. The van der Waals surface area contributed by atoms with Crippen molar-refractivity contribution in [2.75, 3.05) is 19.6 Å². The number of allylic oxidation sites excluding steroid dienone is 1. The molecule has 0 saturated carbocycles. The highest BCUT2D eigenvalue weighted by atomic mass is 19.1. The Labute approximate surface area is 246 Å². The van der Waals surface area contributed by atoms with Crippen LogP contribution in [0.25, 0.3) is 5.57 Å². The first-order valence-electron chi connectivity index (χ1n) is 16.0. The molecule has 0 bridgehead atoms. The number of likely N-dealkylation sites (tertiary alicyclic amines) is 1. The van der Waals surface area contributed by atoms with Crippen molar-refractivity contribution < 1.29 is 18.7 Å². The molecule has 0 N–H and O–H groups in total. The Morgan fingerprint density at radius 2 is 1.90 bits per heavy atom. The summed E-state index contributed by atoms with van der Waals surface area (Å²) in [6.07, 6.45) is 11.0. The lowest BCUT2D eigenvalue weighted by molar-refractivity contribution is -0.134. The normalized spacial score (nSPS) is 21.0. The van der Waals surface area contributed by atoms with Gasteiger partial charge >= 0.3 is 5.97 Å². The number of halogens is 1. The van der Waals surface area contributed by atoms with Gasteiger partial charge in [-0.25, -0.2) is 4.39 Å². The topological polar surface area (TPSA) is 38.8 Å². The van der Waals surface area contributed by atoms with Gasteiger partial charge < -0.3 is 14.4 Å². The van der Waals surface area contributed by atoms with E-state index in [9.17, 15) is 9.18 Å². The number of benzene rings is 2. The van der Waals surface area contributed by atoms with E-state index in [1.807, 2.05) is 12.1 Å². The van der Waals surface area contributed by atoms with Crippen LogP contribution >= 0.6 is 0 Å². The molecule has 3 aliphatic rings. The molecule has 0 amide bonds. The Hall–Kier alpha value is -2.66. The lowest BCUT2D eigenvalue weighted by Crippen LogP contribution is -2.37. The zero-order valence-electron chi connectivity index (χ0n) is 25.6. The Morgan fingerprint density at radius 1 is 1.15 bits per heavy atom. The Kier molecular flexibility index (Phi) is 9.53. The Morgan fingerprint density at radius 3 is 2.63 bits per heavy atom. The standard InChI is InChI=1S/C36H48FNO3/c1-5-10-27(22-26-13-15-29(37)16-14-26)28-23-32(40-34(39)11-9-20-38-18-7-6-8-19-38)35-30-21-25(2)12-17-31(30)36(3,4)41-33(35)24-28/h13-16,23-25,27H,5-12,17-22H2,1-4H3. The minimum Gasteiger partial charge on any atom is -0.483 e. The third-order valence-electron chi connectivity index (χ3n) is 9.32. The predicted molar refractivity (Wildman–Crippen MR) is 164 cm³/mol. The zero-order valence-corrected chi connectivity index (χ0v) is 25.6. The average molecular weight is 562 g/mol. The monoisotopic (exact) mass is 561 g/mol. The Bertz CT molecular complexity index is 1240. The summed E-state index contributed by atoms with van der Waals surface area (Å²) in [4.78, 5) is 15.8. The second kappa shape index (κ2) is 13.1. The molecule has 2 aromatic carbocycles. The second-order valence-corrected chi connectivity index (χ2v) is 13.1. The molecule has 1 aliphatic carbocycles. The molecule has 41 heavy (non-hydrogen) atoms. The van der Waals surface area contributed by atoms with Crippen LogP contribution in [0.1, 0.15) is 115 Å². The van der Waals surface area contributed by atoms with Gasteiger partial charge in [0.25, 0.3) is 0 Å². The van der Waals surface area contributed by atoms with E-state index in [2.05, 4.69) is 44.7 Å². The molecule has 0 spiro atoms. The van der Waals surface area contributed by atoms with Crippen LogP contribution < -0.4 is 9.47 Å². The number of fused-ring (bicyclic) bond motifs is 2. The number of ether oxygens (including phenoxy) is 2. The molecule has 1 saturated heterocycles. The smallest absolute Gasteiger partial charge is 0.311 e.